The number of likely N-dealkylation sites (tertiary alicyclic amines) is 1. The third kappa shape index (κ3) is 3.74. The van der Waals surface area contributed by atoms with Crippen molar-refractivity contribution in [1.29, 1.82) is 0 Å². The van der Waals surface area contributed by atoms with Crippen LogP contribution >= 0.6 is 11.6 Å². The standard InChI is InChI=1S/C25H30ClN3O2/c1-5-29-21-13-12-17(15-22(21)27(4)23(30)25(2,3)24(29)31)16-28-14-8-11-20(28)18-9-6-7-10-19(18)26/h6-7,9-10,12-13,15,20H,5,8,11,14,16H2,1-4H3. The van der Waals surface area contributed by atoms with Crippen molar-refractivity contribution in [3.63, 3.8) is 0 Å². The summed E-state index contributed by atoms with van der Waals surface area (Å²) in [6.07, 6.45) is 2.21. The molecule has 5 nitrogen and oxygen atoms in total. The zero-order chi connectivity index (χ0) is 22.3. The van der Waals surface area contributed by atoms with Gasteiger partial charge in [0.2, 0.25) is 11.8 Å². The monoisotopic (exact) mass is 439 g/mol. The minimum absolute atomic E-state index is 0.156. The van der Waals surface area contributed by atoms with E-state index >= 15 is 0 Å². The number of hydrogen-bond acceptors (Lipinski definition) is 3. The minimum Gasteiger partial charge on any atom is -0.313 e. The molecule has 0 aromatic heterocycles. The molecule has 0 N–H and O–H groups in total. The largest absolute Gasteiger partial charge is 0.313 e. The summed E-state index contributed by atoms with van der Waals surface area (Å²) in [5.41, 5.74) is 2.79. The second kappa shape index (κ2) is 8.29. The van der Waals surface area contributed by atoms with Crippen molar-refractivity contribution in [2.75, 3.05) is 29.9 Å². The van der Waals surface area contributed by atoms with Gasteiger partial charge in [0.1, 0.15) is 5.41 Å². The van der Waals surface area contributed by atoms with Gasteiger partial charge < -0.3 is 9.80 Å². The Morgan fingerprint density at radius 3 is 2.52 bits per heavy atom. The van der Waals surface area contributed by atoms with Crippen LogP contribution in [0.25, 0.3) is 0 Å². The van der Waals surface area contributed by atoms with Gasteiger partial charge in [-0.05, 0) is 69.5 Å². The van der Waals surface area contributed by atoms with E-state index in [-0.39, 0.29) is 11.8 Å². The molecular weight excluding hydrogens is 410 g/mol. The summed E-state index contributed by atoms with van der Waals surface area (Å²) in [5, 5.41) is 0.811. The molecule has 0 spiro atoms. The maximum atomic E-state index is 13.1. The number of hydrogen-bond donors (Lipinski definition) is 0. The third-order valence-corrected chi connectivity index (χ3v) is 6.99. The van der Waals surface area contributed by atoms with Crippen LogP contribution < -0.4 is 9.80 Å². The first-order chi connectivity index (χ1) is 14.8. The Kier molecular flexibility index (Phi) is 5.84. The predicted molar refractivity (Wildman–Crippen MR) is 125 cm³/mol. The number of anilines is 2. The van der Waals surface area contributed by atoms with Crippen LogP contribution in [0.3, 0.4) is 0 Å². The number of nitrogens with zero attached hydrogens (tertiary/aromatic N) is 3. The zero-order valence-corrected chi connectivity index (χ0v) is 19.4. The Labute approximate surface area is 189 Å². The van der Waals surface area contributed by atoms with Crippen molar-refractivity contribution < 1.29 is 9.59 Å². The smallest absolute Gasteiger partial charge is 0.242 e. The van der Waals surface area contributed by atoms with Crippen molar-refractivity contribution in [2.24, 2.45) is 5.41 Å². The molecule has 2 aromatic carbocycles. The van der Waals surface area contributed by atoms with Crippen LogP contribution in [0.15, 0.2) is 42.5 Å². The molecule has 2 aliphatic rings. The molecule has 2 aliphatic heterocycles. The molecule has 1 fully saturated rings. The highest BCUT2D eigenvalue weighted by Gasteiger charge is 2.45. The number of carbonyl (C=O) groups is 2. The van der Waals surface area contributed by atoms with Gasteiger partial charge in [-0.2, -0.15) is 0 Å². The summed E-state index contributed by atoms with van der Waals surface area (Å²) in [4.78, 5) is 32.0. The second-order valence-electron chi connectivity index (χ2n) is 9.01. The molecule has 0 aliphatic carbocycles. The summed E-state index contributed by atoms with van der Waals surface area (Å²) in [6.45, 7) is 7.67. The maximum absolute atomic E-state index is 13.1. The minimum atomic E-state index is -1.09. The Bertz CT molecular complexity index is 1020. The van der Waals surface area contributed by atoms with E-state index in [1.165, 1.54) is 5.56 Å². The van der Waals surface area contributed by atoms with Crippen molar-refractivity contribution >= 4 is 34.8 Å². The predicted octanol–water partition coefficient (Wildman–Crippen LogP) is 5.03. The number of rotatable bonds is 4. The fourth-order valence-corrected chi connectivity index (χ4v) is 5.15. The van der Waals surface area contributed by atoms with Gasteiger partial charge >= 0.3 is 0 Å². The lowest BCUT2D eigenvalue weighted by Gasteiger charge is -2.27. The van der Waals surface area contributed by atoms with E-state index in [4.69, 9.17) is 11.6 Å². The molecule has 1 saturated heterocycles. The summed E-state index contributed by atoms with van der Waals surface area (Å²) < 4.78 is 0. The van der Waals surface area contributed by atoms with Gasteiger partial charge in [-0.3, -0.25) is 14.5 Å². The van der Waals surface area contributed by atoms with E-state index in [9.17, 15) is 9.59 Å². The second-order valence-corrected chi connectivity index (χ2v) is 9.42. The van der Waals surface area contributed by atoms with E-state index in [1.54, 1.807) is 30.7 Å². The number of amides is 2. The highest BCUT2D eigenvalue weighted by atomic mass is 35.5. The molecule has 2 aromatic rings. The van der Waals surface area contributed by atoms with Crippen molar-refractivity contribution in [2.45, 2.75) is 46.2 Å². The third-order valence-electron chi connectivity index (χ3n) is 6.64. The average molecular weight is 440 g/mol. The van der Waals surface area contributed by atoms with Gasteiger partial charge in [-0.1, -0.05) is 35.9 Å². The van der Waals surface area contributed by atoms with Gasteiger partial charge in [-0.25, -0.2) is 0 Å². The first kappa shape index (κ1) is 21.8. The van der Waals surface area contributed by atoms with Crippen molar-refractivity contribution in [3.8, 4) is 0 Å². The Morgan fingerprint density at radius 2 is 1.81 bits per heavy atom. The number of halogens is 1. The lowest BCUT2D eigenvalue weighted by Crippen LogP contribution is -2.47. The van der Waals surface area contributed by atoms with Crippen molar-refractivity contribution in [1.82, 2.24) is 4.90 Å². The zero-order valence-electron chi connectivity index (χ0n) is 18.7. The Hall–Kier alpha value is -2.37. The molecule has 0 radical (unpaired) electrons. The topological polar surface area (TPSA) is 43.9 Å². The first-order valence-electron chi connectivity index (χ1n) is 11.0. The van der Waals surface area contributed by atoms with Gasteiger partial charge in [0.25, 0.3) is 0 Å². The lowest BCUT2D eigenvalue weighted by atomic mass is 9.90. The fraction of sp³-hybridized carbons (Fsp3) is 0.440. The molecule has 164 valence electrons. The van der Waals surface area contributed by atoms with E-state index < -0.39 is 5.41 Å². The first-order valence-corrected chi connectivity index (χ1v) is 11.3. The summed E-state index contributed by atoms with van der Waals surface area (Å²) in [6, 6.07) is 14.5. The molecule has 1 unspecified atom stereocenters. The quantitative estimate of drug-likeness (QED) is 0.627. The van der Waals surface area contributed by atoms with E-state index in [0.717, 1.165) is 47.9 Å². The van der Waals surface area contributed by atoms with E-state index in [1.807, 2.05) is 31.2 Å². The Balaban J connectivity index is 1.67. The highest BCUT2D eigenvalue weighted by molar-refractivity contribution is 6.31. The normalized spacial score (nSPS) is 21.4. The number of carbonyl (C=O) groups excluding carboxylic acids is 2. The van der Waals surface area contributed by atoms with Gasteiger partial charge in [-0.15, -0.1) is 0 Å². The summed E-state index contributed by atoms with van der Waals surface area (Å²) in [5.74, 6) is -0.335. The molecule has 1 atom stereocenters. The van der Waals surface area contributed by atoms with Gasteiger partial charge in [0.15, 0.2) is 0 Å². The van der Waals surface area contributed by atoms with E-state index in [0.29, 0.717) is 12.6 Å². The van der Waals surface area contributed by atoms with Crippen LogP contribution in [-0.2, 0) is 16.1 Å². The highest BCUT2D eigenvalue weighted by Crippen LogP contribution is 2.40. The molecule has 2 heterocycles. The van der Waals surface area contributed by atoms with Crippen LogP contribution in [0.2, 0.25) is 5.02 Å². The van der Waals surface area contributed by atoms with Gasteiger partial charge in [0.05, 0.1) is 11.4 Å². The molecule has 0 saturated carbocycles. The molecular formula is C25H30ClN3O2. The lowest BCUT2D eigenvalue weighted by molar-refractivity contribution is -0.137. The molecule has 31 heavy (non-hydrogen) atoms. The Morgan fingerprint density at radius 1 is 1.06 bits per heavy atom. The number of fused-ring (bicyclic) bond motifs is 1. The molecule has 0 bridgehead atoms. The van der Waals surface area contributed by atoms with Gasteiger partial charge in [0, 0.05) is 31.2 Å². The van der Waals surface area contributed by atoms with Crippen LogP contribution in [0, 0.1) is 5.41 Å². The molecule has 2 amide bonds. The fourth-order valence-electron chi connectivity index (χ4n) is 4.89. The van der Waals surface area contributed by atoms with Crippen LogP contribution in [0.5, 0.6) is 0 Å². The van der Waals surface area contributed by atoms with E-state index in [2.05, 4.69) is 23.1 Å². The SMILES string of the molecule is CCN1C(=O)C(C)(C)C(=O)N(C)c2cc(CN3CCCC3c3ccccc3Cl)ccc21. The molecule has 4 rings (SSSR count). The van der Waals surface area contributed by atoms with Crippen LogP contribution in [0.1, 0.15) is 50.8 Å². The maximum Gasteiger partial charge on any atom is 0.242 e. The molecule has 6 heteroatoms. The number of benzene rings is 2. The van der Waals surface area contributed by atoms with Crippen molar-refractivity contribution in [3.05, 3.63) is 58.6 Å². The average Bonchev–Trinajstić information content (AvgIpc) is 3.20. The van der Waals surface area contributed by atoms with Crippen LogP contribution in [0.4, 0.5) is 11.4 Å². The summed E-state index contributed by atoms with van der Waals surface area (Å²) in [7, 11) is 1.77. The summed E-state index contributed by atoms with van der Waals surface area (Å²) >= 11 is 6.48. The van der Waals surface area contributed by atoms with Crippen LogP contribution in [-0.4, -0.2) is 36.9 Å².